The van der Waals surface area contributed by atoms with E-state index in [2.05, 4.69) is 21.2 Å². The summed E-state index contributed by atoms with van der Waals surface area (Å²) in [7, 11) is 0. The first-order valence-electron chi connectivity index (χ1n) is 12.2. The molecule has 1 aliphatic rings. The molecular weight excluding hydrogens is 493 g/mol. The standard InChI is InChI=1S/C29H25F3N4O2/c1-29(2,32)26(20-10-23(30)13-24(31)11-20)22-15-36(16-22)25-9-19(7-17-3-5-18(14-33)6-4-17)8-21(12-25)27-34-35-28(37)38-27/h3-6,8-13,22,26H,7,15-16H2,1-2H3,(H,35,37)/t26-/m1/s1. The van der Waals surface area contributed by atoms with Gasteiger partial charge in [-0.2, -0.15) is 5.26 Å². The molecule has 1 N–H and O–H groups in total. The number of nitriles is 1. The van der Waals surface area contributed by atoms with Crippen molar-refractivity contribution in [2.45, 2.75) is 31.9 Å². The van der Waals surface area contributed by atoms with Crippen LogP contribution in [0.25, 0.3) is 11.5 Å². The van der Waals surface area contributed by atoms with Crippen LogP contribution in [0, 0.1) is 28.9 Å². The van der Waals surface area contributed by atoms with Gasteiger partial charge in [0.2, 0.25) is 5.89 Å². The fraction of sp³-hybridized carbons (Fsp3) is 0.276. The first-order valence-corrected chi connectivity index (χ1v) is 12.2. The molecule has 1 saturated heterocycles. The normalized spacial score (nSPS) is 14.7. The van der Waals surface area contributed by atoms with Crippen molar-refractivity contribution in [3.63, 3.8) is 0 Å². The zero-order chi connectivity index (χ0) is 27.0. The minimum Gasteiger partial charge on any atom is -0.388 e. The molecule has 0 bridgehead atoms. The van der Waals surface area contributed by atoms with Gasteiger partial charge in [0, 0.05) is 42.2 Å². The Labute approximate surface area is 217 Å². The number of rotatable bonds is 7. The summed E-state index contributed by atoms with van der Waals surface area (Å²) in [5, 5.41) is 15.3. The third-order valence-electron chi connectivity index (χ3n) is 6.88. The summed E-state index contributed by atoms with van der Waals surface area (Å²) in [6, 6.07) is 18.3. The number of hydrogen-bond donors (Lipinski definition) is 1. The molecule has 1 atom stereocenters. The van der Waals surface area contributed by atoms with Gasteiger partial charge in [-0.1, -0.05) is 12.1 Å². The molecule has 194 valence electrons. The lowest BCUT2D eigenvalue weighted by Gasteiger charge is -2.48. The van der Waals surface area contributed by atoms with Crippen LogP contribution >= 0.6 is 0 Å². The fourth-order valence-electron chi connectivity index (χ4n) is 5.29. The van der Waals surface area contributed by atoms with Gasteiger partial charge in [0.25, 0.3) is 0 Å². The van der Waals surface area contributed by atoms with E-state index in [1.807, 2.05) is 30.3 Å². The Hall–Kier alpha value is -4.32. The van der Waals surface area contributed by atoms with Crippen LogP contribution in [0.15, 0.2) is 69.9 Å². The molecule has 0 spiro atoms. The number of anilines is 1. The van der Waals surface area contributed by atoms with Crippen molar-refractivity contribution in [3.05, 3.63) is 105 Å². The van der Waals surface area contributed by atoms with Crippen LogP contribution in [-0.2, 0) is 6.42 Å². The predicted molar refractivity (Wildman–Crippen MR) is 137 cm³/mol. The topological polar surface area (TPSA) is 85.9 Å². The van der Waals surface area contributed by atoms with Gasteiger partial charge < -0.3 is 9.32 Å². The minimum absolute atomic E-state index is 0.146. The van der Waals surface area contributed by atoms with E-state index in [-0.39, 0.29) is 11.8 Å². The van der Waals surface area contributed by atoms with Gasteiger partial charge in [-0.3, -0.25) is 0 Å². The SMILES string of the molecule is CC(C)(F)[C@H](c1cc(F)cc(F)c1)C1CN(c2cc(Cc3ccc(C#N)cc3)cc(-c3n[nH]c(=O)o3)c2)C1. The van der Waals surface area contributed by atoms with E-state index in [0.29, 0.717) is 36.2 Å². The summed E-state index contributed by atoms with van der Waals surface area (Å²) in [5.74, 6) is -2.86. The van der Waals surface area contributed by atoms with Gasteiger partial charge in [-0.05, 0) is 79.4 Å². The van der Waals surface area contributed by atoms with E-state index < -0.39 is 29.0 Å². The van der Waals surface area contributed by atoms with Gasteiger partial charge in [0.05, 0.1) is 11.6 Å². The number of hydrogen-bond acceptors (Lipinski definition) is 5. The highest BCUT2D eigenvalue weighted by Crippen LogP contribution is 2.44. The van der Waals surface area contributed by atoms with Crippen molar-refractivity contribution in [1.82, 2.24) is 10.2 Å². The number of benzene rings is 3. The van der Waals surface area contributed by atoms with Crippen molar-refractivity contribution in [3.8, 4) is 17.5 Å². The average molecular weight is 519 g/mol. The van der Waals surface area contributed by atoms with Gasteiger partial charge in [0.1, 0.15) is 17.3 Å². The number of aromatic amines is 1. The first-order chi connectivity index (χ1) is 18.1. The third-order valence-corrected chi connectivity index (χ3v) is 6.88. The third kappa shape index (κ3) is 5.35. The van der Waals surface area contributed by atoms with E-state index >= 15 is 4.39 Å². The zero-order valence-corrected chi connectivity index (χ0v) is 20.8. The van der Waals surface area contributed by atoms with Crippen molar-refractivity contribution < 1.29 is 17.6 Å². The Morgan fingerprint density at radius 1 is 1.08 bits per heavy atom. The van der Waals surface area contributed by atoms with E-state index in [1.165, 1.54) is 26.0 Å². The molecule has 3 aromatic carbocycles. The molecule has 5 rings (SSSR count). The quantitative estimate of drug-likeness (QED) is 0.337. The maximum Gasteiger partial charge on any atom is 0.434 e. The second-order valence-corrected chi connectivity index (χ2v) is 10.2. The van der Waals surface area contributed by atoms with Crippen molar-refractivity contribution >= 4 is 5.69 Å². The summed E-state index contributed by atoms with van der Waals surface area (Å²) in [6.45, 7) is 3.80. The lowest BCUT2D eigenvalue weighted by molar-refractivity contribution is 0.117. The molecule has 0 amide bonds. The average Bonchev–Trinajstić information content (AvgIpc) is 3.26. The number of alkyl halides is 1. The van der Waals surface area contributed by atoms with Crippen molar-refractivity contribution in [1.29, 1.82) is 5.26 Å². The second kappa shape index (κ2) is 9.86. The van der Waals surface area contributed by atoms with Crippen LogP contribution in [0.5, 0.6) is 0 Å². The van der Waals surface area contributed by atoms with E-state index in [4.69, 9.17) is 9.68 Å². The zero-order valence-electron chi connectivity index (χ0n) is 20.8. The summed E-state index contributed by atoms with van der Waals surface area (Å²) >= 11 is 0. The fourth-order valence-corrected chi connectivity index (χ4v) is 5.29. The maximum atomic E-state index is 15.3. The molecule has 0 unspecified atom stereocenters. The molecule has 6 nitrogen and oxygen atoms in total. The number of nitrogens with zero attached hydrogens (tertiary/aromatic N) is 3. The van der Waals surface area contributed by atoms with Crippen LogP contribution in [-0.4, -0.2) is 29.0 Å². The maximum absolute atomic E-state index is 15.3. The second-order valence-electron chi connectivity index (χ2n) is 10.2. The van der Waals surface area contributed by atoms with Crippen molar-refractivity contribution in [2.75, 3.05) is 18.0 Å². The number of H-pyrrole nitrogens is 1. The molecule has 38 heavy (non-hydrogen) atoms. The number of aromatic nitrogens is 2. The largest absolute Gasteiger partial charge is 0.434 e. The van der Waals surface area contributed by atoms with Crippen LogP contribution in [0.3, 0.4) is 0 Å². The van der Waals surface area contributed by atoms with Gasteiger partial charge in [-0.15, -0.1) is 5.10 Å². The Kier molecular flexibility index (Phi) is 6.57. The monoisotopic (exact) mass is 518 g/mol. The highest BCUT2D eigenvalue weighted by atomic mass is 19.1. The lowest BCUT2D eigenvalue weighted by atomic mass is 9.73. The van der Waals surface area contributed by atoms with Crippen LogP contribution in [0.1, 0.15) is 42.0 Å². The molecule has 9 heteroatoms. The Morgan fingerprint density at radius 3 is 2.34 bits per heavy atom. The molecule has 1 aromatic heterocycles. The molecule has 0 aliphatic carbocycles. The minimum atomic E-state index is -1.70. The van der Waals surface area contributed by atoms with Crippen LogP contribution < -0.4 is 10.7 Å². The molecule has 1 fully saturated rings. The van der Waals surface area contributed by atoms with Gasteiger partial charge in [0.15, 0.2) is 0 Å². The van der Waals surface area contributed by atoms with Gasteiger partial charge in [-0.25, -0.2) is 23.1 Å². The van der Waals surface area contributed by atoms with Crippen molar-refractivity contribution in [2.24, 2.45) is 5.92 Å². The smallest absolute Gasteiger partial charge is 0.388 e. The summed E-state index contributed by atoms with van der Waals surface area (Å²) in [5.41, 5.74) is 2.51. The van der Waals surface area contributed by atoms with Crippen LogP contribution in [0.4, 0.5) is 18.9 Å². The van der Waals surface area contributed by atoms with E-state index in [9.17, 15) is 13.6 Å². The molecule has 4 aromatic rings. The summed E-state index contributed by atoms with van der Waals surface area (Å²) < 4.78 is 48.4. The van der Waals surface area contributed by atoms with Crippen LogP contribution in [0.2, 0.25) is 0 Å². The number of nitrogens with one attached hydrogen (secondary N) is 1. The first kappa shape index (κ1) is 25.3. The summed E-state index contributed by atoms with van der Waals surface area (Å²) in [6.07, 6.45) is 0.557. The summed E-state index contributed by atoms with van der Waals surface area (Å²) in [4.78, 5) is 13.6. The molecule has 0 radical (unpaired) electrons. The highest BCUT2D eigenvalue weighted by Gasteiger charge is 2.43. The molecule has 1 aliphatic heterocycles. The Morgan fingerprint density at radius 2 is 1.76 bits per heavy atom. The highest BCUT2D eigenvalue weighted by molar-refractivity contribution is 5.65. The Balaban J connectivity index is 1.44. The lowest BCUT2D eigenvalue weighted by Crippen LogP contribution is -2.52. The number of halogens is 3. The molecule has 0 saturated carbocycles. The van der Waals surface area contributed by atoms with E-state index in [0.717, 1.165) is 22.9 Å². The molecular formula is C29H25F3N4O2. The Bertz CT molecular complexity index is 1540. The van der Waals surface area contributed by atoms with Gasteiger partial charge >= 0.3 is 5.76 Å². The van der Waals surface area contributed by atoms with E-state index in [1.54, 1.807) is 12.1 Å². The predicted octanol–water partition coefficient (Wildman–Crippen LogP) is 5.74. The molecule has 2 heterocycles.